The maximum atomic E-state index is 12.3. The van der Waals surface area contributed by atoms with Gasteiger partial charge in [0, 0.05) is 12.7 Å². The molecule has 1 heterocycles. The Balaban J connectivity index is 2.77. The molecule has 96 valence electrons. The third-order valence-electron chi connectivity index (χ3n) is 1.88. The van der Waals surface area contributed by atoms with Crippen LogP contribution < -0.4 is 5.32 Å². The van der Waals surface area contributed by atoms with Gasteiger partial charge in [-0.05, 0) is 6.07 Å². The summed E-state index contributed by atoms with van der Waals surface area (Å²) in [6, 6.07) is 0.738. The Hall–Kier alpha value is -1.05. The van der Waals surface area contributed by atoms with Gasteiger partial charge in [0.25, 0.3) is 0 Å². The van der Waals surface area contributed by atoms with Crippen molar-refractivity contribution in [2.45, 2.75) is 12.3 Å². The van der Waals surface area contributed by atoms with E-state index in [0.717, 1.165) is 6.07 Å². The van der Waals surface area contributed by atoms with Crippen molar-refractivity contribution >= 4 is 17.4 Å². The fraction of sp³-hybridized carbons (Fsp3) is 0.444. The molecule has 4 nitrogen and oxygen atoms in total. The molecule has 0 aliphatic carbocycles. The molecule has 0 amide bonds. The number of nitrogens with zero attached hydrogens (tertiary/aromatic N) is 1. The largest absolute Gasteiger partial charge is 0.417 e. The molecule has 0 bridgehead atoms. The van der Waals surface area contributed by atoms with Gasteiger partial charge in [-0.1, -0.05) is 11.6 Å². The lowest BCUT2D eigenvalue weighted by molar-refractivity contribution is -0.137. The van der Waals surface area contributed by atoms with E-state index >= 15 is 0 Å². The third kappa shape index (κ3) is 4.03. The lowest BCUT2D eigenvalue weighted by atomic mass is 10.2. The van der Waals surface area contributed by atoms with E-state index in [2.05, 4.69) is 10.3 Å². The maximum Gasteiger partial charge on any atom is 0.417 e. The Morgan fingerprint density at radius 2 is 2.12 bits per heavy atom. The molecule has 0 radical (unpaired) electrons. The molecule has 1 atom stereocenters. The molecule has 0 aliphatic heterocycles. The predicted octanol–water partition coefficient (Wildman–Crippen LogP) is 1.52. The van der Waals surface area contributed by atoms with Gasteiger partial charge >= 0.3 is 6.18 Å². The minimum Gasteiger partial charge on any atom is -0.394 e. The molecule has 0 saturated heterocycles. The molecule has 0 aromatic carbocycles. The summed E-state index contributed by atoms with van der Waals surface area (Å²) in [4.78, 5) is 3.50. The van der Waals surface area contributed by atoms with Crippen LogP contribution in [0.15, 0.2) is 12.3 Å². The highest BCUT2D eigenvalue weighted by molar-refractivity contribution is 6.32. The van der Waals surface area contributed by atoms with E-state index in [4.69, 9.17) is 21.8 Å². The van der Waals surface area contributed by atoms with E-state index < -0.39 is 24.5 Å². The first-order valence-corrected chi connectivity index (χ1v) is 4.98. The van der Waals surface area contributed by atoms with Crippen LogP contribution in [-0.4, -0.2) is 34.5 Å². The molecule has 1 aromatic rings. The quantitative estimate of drug-likeness (QED) is 0.776. The minimum absolute atomic E-state index is 0.0205. The van der Waals surface area contributed by atoms with Crippen LogP contribution in [0.2, 0.25) is 5.02 Å². The van der Waals surface area contributed by atoms with E-state index in [0.29, 0.717) is 6.20 Å². The number of hydrogen-bond acceptors (Lipinski definition) is 4. The van der Waals surface area contributed by atoms with E-state index in [-0.39, 0.29) is 17.4 Å². The molecule has 0 saturated carbocycles. The Morgan fingerprint density at radius 3 is 2.59 bits per heavy atom. The van der Waals surface area contributed by atoms with E-state index in [1.54, 1.807) is 0 Å². The molecule has 1 unspecified atom stereocenters. The Labute approximate surface area is 100 Å². The first kappa shape index (κ1) is 14.0. The van der Waals surface area contributed by atoms with Crippen molar-refractivity contribution in [2.24, 2.45) is 0 Å². The van der Waals surface area contributed by atoms with Crippen LogP contribution in [0.3, 0.4) is 0 Å². The summed E-state index contributed by atoms with van der Waals surface area (Å²) in [6.07, 6.45) is -4.89. The summed E-state index contributed by atoms with van der Waals surface area (Å²) in [5.41, 5.74) is -0.948. The smallest absolute Gasteiger partial charge is 0.394 e. The van der Waals surface area contributed by atoms with Gasteiger partial charge in [0.05, 0.1) is 23.3 Å². The molecule has 8 heteroatoms. The number of halogens is 4. The number of alkyl halides is 3. The third-order valence-corrected chi connectivity index (χ3v) is 2.17. The average molecular weight is 271 g/mol. The molecule has 1 rings (SSSR count). The number of anilines is 1. The molecule has 3 N–H and O–H groups in total. The number of aliphatic hydroxyl groups is 2. The van der Waals surface area contributed by atoms with E-state index in [1.807, 2.05) is 0 Å². The lowest BCUT2D eigenvalue weighted by Crippen LogP contribution is -2.23. The zero-order chi connectivity index (χ0) is 13.1. The van der Waals surface area contributed by atoms with Gasteiger partial charge in [-0.25, -0.2) is 4.98 Å². The van der Waals surface area contributed by atoms with Crippen molar-refractivity contribution in [1.29, 1.82) is 0 Å². The number of nitrogens with one attached hydrogen (secondary N) is 1. The van der Waals surface area contributed by atoms with Crippen LogP contribution in [0.1, 0.15) is 5.56 Å². The van der Waals surface area contributed by atoms with Crippen LogP contribution in [0.25, 0.3) is 0 Å². The first-order valence-electron chi connectivity index (χ1n) is 4.60. The fourth-order valence-electron chi connectivity index (χ4n) is 1.00. The SMILES string of the molecule is OCC(O)CNc1ncc(C(F)(F)F)cc1Cl. The summed E-state index contributed by atoms with van der Waals surface area (Å²) in [5, 5.41) is 19.9. The summed E-state index contributed by atoms with van der Waals surface area (Å²) in [5.74, 6) is 0.0205. The van der Waals surface area contributed by atoms with Gasteiger partial charge in [-0.15, -0.1) is 0 Å². The topological polar surface area (TPSA) is 65.4 Å². The molecular formula is C9H10ClF3N2O2. The van der Waals surface area contributed by atoms with Crippen LogP contribution in [-0.2, 0) is 6.18 Å². The standard InChI is InChI=1S/C9H10ClF3N2O2/c10-7-1-5(9(11,12)13)2-14-8(7)15-3-6(17)4-16/h1-2,6,16-17H,3-4H2,(H,14,15). The number of aliphatic hydroxyl groups excluding tert-OH is 2. The summed E-state index contributed by atoms with van der Waals surface area (Å²) >= 11 is 5.59. The molecule has 0 aliphatic rings. The number of aromatic nitrogens is 1. The van der Waals surface area contributed by atoms with Crippen molar-refractivity contribution in [3.8, 4) is 0 Å². The minimum atomic E-state index is -4.50. The number of hydrogen-bond donors (Lipinski definition) is 3. The monoisotopic (exact) mass is 270 g/mol. The van der Waals surface area contributed by atoms with E-state index in [1.165, 1.54) is 0 Å². The van der Waals surface area contributed by atoms with Gasteiger partial charge in [0.1, 0.15) is 5.82 Å². The Morgan fingerprint density at radius 1 is 1.47 bits per heavy atom. The summed E-state index contributed by atoms with van der Waals surface area (Å²) in [6.45, 7) is -0.528. The van der Waals surface area contributed by atoms with Crippen molar-refractivity contribution < 1.29 is 23.4 Å². The van der Waals surface area contributed by atoms with Crippen LogP contribution in [0.5, 0.6) is 0 Å². The van der Waals surface area contributed by atoms with Crippen LogP contribution >= 0.6 is 11.6 Å². The highest BCUT2D eigenvalue weighted by Crippen LogP contribution is 2.32. The highest BCUT2D eigenvalue weighted by atomic mass is 35.5. The second kappa shape index (κ2) is 5.52. The molecule has 0 fully saturated rings. The fourth-order valence-corrected chi connectivity index (χ4v) is 1.24. The summed E-state index contributed by atoms with van der Waals surface area (Å²) in [7, 11) is 0. The Bertz CT molecular complexity index is 387. The Kier molecular flexibility index (Phi) is 4.55. The maximum absolute atomic E-state index is 12.3. The van der Waals surface area contributed by atoms with Gasteiger partial charge in [0.15, 0.2) is 0 Å². The lowest BCUT2D eigenvalue weighted by Gasteiger charge is -2.12. The van der Waals surface area contributed by atoms with Crippen molar-refractivity contribution in [2.75, 3.05) is 18.5 Å². The van der Waals surface area contributed by atoms with Gasteiger partial charge in [-0.2, -0.15) is 13.2 Å². The molecule has 0 spiro atoms. The zero-order valence-electron chi connectivity index (χ0n) is 8.50. The summed E-state index contributed by atoms with van der Waals surface area (Å²) < 4.78 is 36.8. The van der Waals surface area contributed by atoms with E-state index in [9.17, 15) is 13.2 Å². The predicted molar refractivity (Wildman–Crippen MR) is 55.8 cm³/mol. The highest BCUT2D eigenvalue weighted by Gasteiger charge is 2.31. The molecule has 1 aromatic heterocycles. The van der Waals surface area contributed by atoms with Crippen molar-refractivity contribution in [3.05, 3.63) is 22.8 Å². The number of rotatable bonds is 4. The second-order valence-corrected chi connectivity index (χ2v) is 3.68. The van der Waals surface area contributed by atoms with Gasteiger partial charge in [-0.3, -0.25) is 0 Å². The van der Waals surface area contributed by atoms with Crippen LogP contribution in [0, 0.1) is 0 Å². The zero-order valence-corrected chi connectivity index (χ0v) is 9.26. The van der Waals surface area contributed by atoms with Gasteiger partial charge < -0.3 is 15.5 Å². The second-order valence-electron chi connectivity index (χ2n) is 3.27. The van der Waals surface area contributed by atoms with Gasteiger partial charge in [0.2, 0.25) is 0 Å². The molecule has 17 heavy (non-hydrogen) atoms. The first-order chi connectivity index (χ1) is 7.84. The van der Waals surface area contributed by atoms with Crippen molar-refractivity contribution in [1.82, 2.24) is 4.98 Å². The normalized spacial score (nSPS) is 13.5. The average Bonchev–Trinajstić information content (AvgIpc) is 2.25. The number of pyridine rings is 1. The van der Waals surface area contributed by atoms with Crippen LogP contribution in [0.4, 0.5) is 19.0 Å². The molecular weight excluding hydrogens is 261 g/mol. The van der Waals surface area contributed by atoms with Crippen molar-refractivity contribution in [3.63, 3.8) is 0 Å².